The second-order valence-electron chi connectivity index (χ2n) is 1.65. The molecule has 1 rings (SSSR count). The first-order valence-corrected chi connectivity index (χ1v) is 2.20. The van der Waals surface area contributed by atoms with Gasteiger partial charge >= 0.3 is 5.97 Å². The van der Waals surface area contributed by atoms with Crippen molar-refractivity contribution in [1.29, 1.82) is 0 Å². The van der Waals surface area contributed by atoms with Crippen molar-refractivity contribution in [3.8, 4) is 0 Å². The van der Waals surface area contributed by atoms with Crippen LogP contribution in [0.2, 0.25) is 0 Å². The molecule has 0 saturated carbocycles. The Morgan fingerprint density at radius 1 is 1.86 bits per heavy atom. The van der Waals surface area contributed by atoms with Gasteiger partial charge in [0.2, 0.25) is 0 Å². The Morgan fingerprint density at radius 2 is 2.57 bits per heavy atom. The maximum absolute atomic E-state index is 10.2. The van der Waals surface area contributed by atoms with Gasteiger partial charge in [-0.2, -0.15) is 0 Å². The van der Waals surface area contributed by atoms with Crippen molar-refractivity contribution >= 4 is 5.97 Å². The first-order valence-electron chi connectivity index (χ1n) is 2.20. The molecule has 2 N–H and O–H groups in total. The molecule has 1 aliphatic heterocycles. The summed E-state index contributed by atoms with van der Waals surface area (Å²) in [6.07, 6.45) is 0.389. The zero-order valence-corrected chi connectivity index (χ0v) is 3.89. The van der Waals surface area contributed by atoms with E-state index in [4.69, 9.17) is 5.73 Å². The Bertz CT molecular complexity index is 91.7. The molecule has 0 aromatic carbocycles. The van der Waals surface area contributed by atoms with Crippen molar-refractivity contribution in [3.05, 3.63) is 0 Å². The van der Waals surface area contributed by atoms with Crippen LogP contribution in [0.3, 0.4) is 0 Å². The van der Waals surface area contributed by atoms with Gasteiger partial charge in [0, 0.05) is 6.04 Å². The molecule has 1 fully saturated rings. The standard InChI is InChI=1S/C4H7NO2/c5-3-1-4(6)7-2-3/h3H,1-2,5H2/t3-/m1/s1. The summed E-state index contributed by atoms with van der Waals surface area (Å²) in [7, 11) is 0. The van der Waals surface area contributed by atoms with Gasteiger partial charge in [-0.05, 0) is 0 Å². The van der Waals surface area contributed by atoms with Gasteiger partial charge in [0.05, 0.1) is 6.42 Å². The van der Waals surface area contributed by atoms with Crippen molar-refractivity contribution in [2.75, 3.05) is 6.61 Å². The van der Waals surface area contributed by atoms with E-state index >= 15 is 0 Å². The van der Waals surface area contributed by atoms with Gasteiger partial charge in [-0.3, -0.25) is 4.79 Å². The Hall–Kier alpha value is -0.570. The van der Waals surface area contributed by atoms with Crippen molar-refractivity contribution < 1.29 is 9.53 Å². The fraction of sp³-hybridized carbons (Fsp3) is 0.750. The normalized spacial score (nSPS) is 30.4. The van der Waals surface area contributed by atoms with E-state index in [2.05, 4.69) is 4.74 Å². The van der Waals surface area contributed by atoms with Crippen molar-refractivity contribution in [2.45, 2.75) is 12.5 Å². The van der Waals surface area contributed by atoms with Crippen LogP contribution in [0.25, 0.3) is 0 Å². The summed E-state index contributed by atoms with van der Waals surface area (Å²) in [5, 5.41) is 0. The number of hydrogen-bond donors (Lipinski definition) is 1. The number of carbonyl (C=O) groups excluding carboxylic acids is 1. The molecular weight excluding hydrogens is 94.0 g/mol. The number of cyclic esters (lactones) is 1. The number of rotatable bonds is 0. The predicted molar refractivity (Wildman–Crippen MR) is 23.6 cm³/mol. The fourth-order valence-corrected chi connectivity index (χ4v) is 0.532. The highest BCUT2D eigenvalue weighted by atomic mass is 16.5. The number of esters is 1. The number of carbonyl (C=O) groups is 1. The van der Waals surface area contributed by atoms with Crippen molar-refractivity contribution in [1.82, 2.24) is 0 Å². The molecule has 0 unspecified atom stereocenters. The third kappa shape index (κ3) is 0.899. The number of nitrogens with two attached hydrogens (primary N) is 1. The largest absolute Gasteiger partial charge is 0.464 e. The molecule has 40 valence electrons. The minimum atomic E-state index is -0.174. The molecule has 7 heavy (non-hydrogen) atoms. The monoisotopic (exact) mass is 101 g/mol. The Labute approximate surface area is 41.4 Å². The van der Waals surface area contributed by atoms with E-state index in [0.717, 1.165) is 0 Å². The smallest absolute Gasteiger partial charge is 0.307 e. The summed E-state index contributed by atoms with van der Waals surface area (Å²) in [5.41, 5.74) is 5.28. The molecule has 0 aromatic heterocycles. The summed E-state index contributed by atoms with van der Waals surface area (Å²) in [5.74, 6) is -0.174. The molecule has 1 aliphatic rings. The maximum Gasteiger partial charge on any atom is 0.307 e. The van der Waals surface area contributed by atoms with Crippen LogP contribution in [0.15, 0.2) is 0 Å². The summed E-state index contributed by atoms with van der Waals surface area (Å²) >= 11 is 0. The Morgan fingerprint density at radius 3 is 2.71 bits per heavy atom. The van der Waals surface area contributed by atoms with Crippen LogP contribution < -0.4 is 5.73 Å². The maximum atomic E-state index is 10.2. The van der Waals surface area contributed by atoms with Crippen LogP contribution >= 0.6 is 0 Å². The molecule has 3 heteroatoms. The lowest BCUT2D eigenvalue weighted by molar-refractivity contribution is -0.137. The minimum Gasteiger partial charge on any atom is -0.464 e. The molecule has 1 saturated heterocycles. The van der Waals surface area contributed by atoms with E-state index < -0.39 is 0 Å². The first-order chi connectivity index (χ1) is 3.29. The van der Waals surface area contributed by atoms with Crippen molar-refractivity contribution in [2.24, 2.45) is 5.73 Å². The molecule has 1 atom stereocenters. The van der Waals surface area contributed by atoms with Gasteiger partial charge < -0.3 is 10.5 Å². The second-order valence-corrected chi connectivity index (χ2v) is 1.65. The van der Waals surface area contributed by atoms with Gasteiger partial charge in [0.25, 0.3) is 0 Å². The van der Waals surface area contributed by atoms with E-state index in [1.54, 1.807) is 0 Å². The van der Waals surface area contributed by atoms with E-state index in [1.165, 1.54) is 0 Å². The van der Waals surface area contributed by atoms with Crippen LogP contribution in [0.5, 0.6) is 0 Å². The lowest BCUT2D eigenvalue weighted by atomic mass is 10.3. The van der Waals surface area contributed by atoms with Crippen LogP contribution in [-0.2, 0) is 9.53 Å². The SMILES string of the molecule is N[C@H]1COC(=O)C1. The zero-order valence-electron chi connectivity index (χ0n) is 3.89. The van der Waals surface area contributed by atoms with Crippen LogP contribution in [0.4, 0.5) is 0 Å². The summed E-state index contributed by atoms with van der Waals surface area (Å²) < 4.78 is 4.50. The quantitative estimate of drug-likeness (QED) is 0.409. The third-order valence-corrected chi connectivity index (χ3v) is 0.887. The fourth-order valence-electron chi connectivity index (χ4n) is 0.532. The van der Waals surface area contributed by atoms with E-state index in [9.17, 15) is 4.79 Å². The highest BCUT2D eigenvalue weighted by Gasteiger charge is 2.18. The van der Waals surface area contributed by atoms with Gasteiger partial charge in [-0.1, -0.05) is 0 Å². The van der Waals surface area contributed by atoms with E-state index in [0.29, 0.717) is 13.0 Å². The van der Waals surface area contributed by atoms with E-state index in [1.807, 2.05) is 0 Å². The minimum absolute atomic E-state index is 0.0486. The topological polar surface area (TPSA) is 52.3 Å². The summed E-state index contributed by atoms with van der Waals surface area (Å²) in [4.78, 5) is 10.2. The number of ether oxygens (including phenoxy) is 1. The lowest BCUT2D eigenvalue weighted by Gasteiger charge is -1.88. The lowest BCUT2D eigenvalue weighted by Crippen LogP contribution is -2.18. The average molecular weight is 101 g/mol. The van der Waals surface area contributed by atoms with Gasteiger partial charge in [0.15, 0.2) is 0 Å². The summed E-state index contributed by atoms with van der Waals surface area (Å²) in [6.45, 7) is 0.402. The molecular formula is C4H7NO2. The van der Waals surface area contributed by atoms with Gasteiger partial charge in [-0.25, -0.2) is 0 Å². The Balaban J connectivity index is 2.40. The molecule has 0 radical (unpaired) electrons. The van der Waals surface area contributed by atoms with Crippen LogP contribution in [0.1, 0.15) is 6.42 Å². The van der Waals surface area contributed by atoms with Gasteiger partial charge in [-0.15, -0.1) is 0 Å². The predicted octanol–water partition coefficient (Wildman–Crippen LogP) is -0.739. The average Bonchev–Trinajstić information content (AvgIpc) is 1.87. The number of hydrogen-bond acceptors (Lipinski definition) is 3. The highest BCUT2D eigenvalue weighted by Crippen LogP contribution is 2.00. The van der Waals surface area contributed by atoms with Crippen molar-refractivity contribution in [3.63, 3.8) is 0 Å². The molecule has 0 aliphatic carbocycles. The molecule has 0 bridgehead atoms. The van der Waals surface area contributed by atoms with Crippen LogP contribution in [-0.4, -0.2) is 18.6 Å². The molecule has 0 aromatic rings. The molecule has 0 spiro atoms. The highest BCUT2D eigenvalue weighted by molar-refractivity contribution is 5.72. The zero-order chi connectivity index (χ0) is 5.28. The first kappa shape index (κ1) is 4.59. The summed E-state index contributed by atoms with van der Waals surface area (Å²) in [6, 6.07) is -0.0486. The Kier molecular flexibility index (Phi) is 0.982. The molecule has 1 heterocycles. The molecule has 3 nitrogen and oxygen atoms in total. The third-order valence-electron chi connectivity index (χ3n) is 0.887. The molecule has 0 amide bonds. The van der Waals surface area contributed by atoms with E-state index in [-0.39, 0.29) is 12.0 Å². The van der Waals surface area contributed by atoms with Gasteiger partial charge in [0.1, 0.15) is 6.61 Å². The van der Waals surface area contributed by atoms with Crippen LogP contribution in [0, 0.1) is 0 Å². The second kappa shape index (κ2) is 1.50.